The van der Waals surface area contributed by atoms with Gasteiger partial charge in [-0.15, -0.1) is 22.9 Å². The van der Waals surface area contributed by atoms with Crippen LogP contribution in [0.3, 0.4) is 0 Å². The van der Waals surface area contributed by atoms with Gasteiger partial charge in [0, 0.05) is 4.88 Å². The summed E-state index contributed by atoms with van der Waals surface area (Å²) in [5, 5.41) is -0.251. The molecule has 3 heterocycles. The number of methoxy groups -OCH3 is 1. The molecule has 0 aliphatic rings. The van der Waals surface area contributed by atoms with Crippen molar-refractivity contribution in [2.75, 3.05) is 7.11 Å². The Bertz CT molecular complexity index is 784. The molecule has 0 radical (unpaired) electrons. The van der Waals surface area contributed by atoms with E-state index in [1.165, 1.54) is 17.7 Å². The summed E-state index contributed by atoms with van der Waals surface area (Å²) in [4.78, 5) is 14.0. The lowest BCUT2D eigenvalue weighted by molar-refractivity contribution is 0.401. The van der Waals surface area contributed by atoms with Gasteiger partial charge >= 0.3 is 0 Å². The lowest BCUT2D eigenvalue weighted by atomic mass is 10.4. The molecule has 3 aromatic rings. The average molecular weight is 343 g/mol. The minimum absolute atomic E-state index is 0.251. The van der Waals surface area contributed by atoms with Crippen molar-refractivity contribution in [1.82, 2.24) is 19.5 Å². The quantitative estimate of drug-likeness (QED) is 0.674. The Kier molecular flexibility index (Phi) is 4.01. The molecule has 0 bridgehead atoms. The van der Waals surface area contributed by atoms with Crippen LogP contribution >= 0.6 is 34.5 Å². The predicted molar refractivity (Wildman–Crippen MR) is 84.6 cm³/mol. The van der Waals surface area contributed by atoms with Crippen LogP contribution in [0.1, 0.15) is 23.0 Å². The number of aromatic nitrogens is 4. The maximum atomic E-state index is 6.25. The monoisotopic (exact) mass is 342 g/mol. The van der Waals surface area contributed by atoms with E-state index in [0.717, 1.165) is 15.0 Å². The fraction of sp³-hybridized carbons (Fsp3) is 0.308. The van der Waals surface area contributed by atoms with E-state index in [2.05, 4.69) is 15.0 Å². The largest absolute Gasteiger partial charge is 0.479 e. The van der Waals surface area contributed by atoms with Crippen molar-refractivity contribution in [2.45, 2.75) is 18.8 Å². The van der Waals surface area contributed by atoms with Crippen molar-refractivity contribution in [1.29, 1.82) is 0 Å². The van der Waals surface area contributed by atoms with Gasteiger partial charge in [-0.3, -0.25) is 0 Å². The molecule has 21 heavy (non-hydrogen) atoms. The van der Waals surface area contributed by atoms with Crippen LogP contribution in [0.5, 0.6) is 5.88 Å². The fourth-order valence-corrected chi connectivity index (χ4v) is 3.38. The number of hydrogen-bond donors (Lipinski definition) is 0. The van der Waals surface area contributed by atoms with Crippen LogP contribution in [0.15, 0.2) is 18.5 Å². The zero-order valence-electron chi connectivity index (χ0n) is 11.4. The average Bonchev–Trinajstić information content (AvgIpc) is 3.03. The van der Waals surface area contributed by atoms with Gasteiger partial charge in [0.15, 0.2) is 11.2 Å². The SMILES string of the molecule is COc1ncnc2c1nc(C(C)Cl)n2Cc1ccc(Cl)s1. The fourth-order valence-electron chi connectivity index (χ4n) is 2.13. The van der Waals surface area contributed by atoms with E-state index in [1.54, 1.807) is 7.11 Å². The Morgan fingerprint density at radius 2 is 2.19 bits per heavy atom. The standard InChI is InChI=1S/C13H12Cl2N4OS/c1-7(14)11-18-10-12(16-6-17-13(10)20-2)19(11)5-8-3-4-9(15)21-8/h3-4,6-7H,5H2,1-2H3. The maximum absolute atomic E-state index is 6.25. The molecule has 3 rings (SSSR count). The highest BCUT2D eigenvalue weighted by Crippen LogP contribution is 2.30. The Labute approximate surface area is 135 Å². The van der Waals surface area contributed by atoms with E-state index >= 15 is 0 Å². The Morgan fingerprint density at radius 3 is 2.81 bits per heavy atom. The first-order valence-corrected chi connectivity index (χ1v) is 7.86. The molecular weight excluding hydrogens is 331 g/mol. The minimum atomic E-state index is -0.251. The van der Waals surface area contributed by atoms with Crippen LogP contribution in [0.25, 0.3) is 11.2 Å². The number of ether oxygens (including phenoxy) is 1. The van der Waals surface area contributed by atoms with Crippen LogP contribution in [0.2, 0.25) is 4.34 Å². The molecule has 0 fully saturated rings. The first-order valence-electron chi connectivity index (χ1n) is 6.23. The first kappa shape index (κ1) is 14.6. The number of hydrogen-bond acceptors (Lipinski definition) is 5. The molecule has 5 nitrogen and oxygen atoms in total. The molecule has 1 atom stereocenters. The Hall–Kier alpha value is -1.37. The van der Waals surface area contributed by atoms with E-state index in [0.29, 0.717) is 23.6 Å². The second-order valence-corrected chi connectivity index (χ2v) is 6.89. The summed E-state index contributed by atoms with van der Waals surface area (Å²) in [6.45, 7) is 2.49. The summed E-state index contributed by atoms with van der Waals surface area (Å²) in [6.07, 6.45) is 1.46. The third-order valence-corrected chi connectivity index (χ3v) is 4.43. The molecule has 8 heteroatoms. The van der Waals surface area contributed by atoms with Crippen LogP contribution in [0.4, 0.5) is 0 Å². The summed E-state index contributed by atoms with van der Waals surface area (Å²) >= 11 is 13.8. The second kappa shape index (κ2) is 5.79. The topological polar surface area (TPSA) is 52.8 Å². The molecule has 0 aliphatic carbocycles. The summed E-state index contributed by atoms with van der Waals surface area (Å²) in [6, 6.07) is 3.86. The van der Waals surface area contributed by atoms with Crippen molar-refractivity contribution in [3.63, 3.8) is 0 Å². The Balaban J connectivity index is 2.16. The number of imidazole rings is 1. The molecule has 110 valence electrons. The van der Waals surface area contributed by atoms with E-state index in [1.807, 2.05) is 23.6 Å². The van der Waals surface area contributed by atoms with Crippen LogP contribution < -0.4 is 4.74 Å². The number of thiophene rings is 1. The van der Waals surface area contributed by atoms with Crippen molar-refractivity contribution in [2.24, 2.45) is 0 Å². The molecule has 0 N–H and O–H groups in total. The molecule has 1 unspecified atom stereocenters. The van der Waals surface area contributed by atoms with Crippen LogP contribution in [-0.2, 0) is 6.54 Å². The third-order valence-electron chi connectivity index (χ3n) is 3.02. The molecule has 0 saturated carbocycles. The molecular formula is C13H12Cl2N4OS. The maximum Gasteiger partial charge on any atom is 0.245 e. The van der Waals surface area contributed by atoms with Gasteiger partial charge in [0.1, 0.15) is 12.2 Å². The lowest BCUT2D eigenvalue weighted by Gasteiger charge is -2.08. The summed E-state index contributed by atoms with van der Waals surface area (Å²) in [7, 11) is 1.56. The Morgan fingerprint density at radius 1 is 1.38 bits per heavy atom. The number of fused-ring (bicyclic) bond motifs is 1. The number of nitrogens with zero attached hydrogens (tertiary/aromatic N) is 4. The molecule has 0 spiro atoms. The minimum Gasteiger partial charge on any atom is -0.479 e. The van der Waals surface area contributed by atoms with Gasteiger partial charge < -0.3 is 9.30 Å². The smallest absolute Gasteiger partial charge is 0.245 e. The highest BCUT2D eigenvalue weighted by Gasteiger charge is 2.19. The normalized spacial score (nSPS) is 12.8. The van der Waals surface area contributed by atoms with Crippen LogP contribution in [-0.4, -0.2) is 26.6 Å². The molecule has 0 saturated heterocycles. The van der Waals surface area contributed by atoms with Gasteiger partial charge in [-0.1, -0.05) is 11.6 Å². The van der Waals surface area contributed by atoms with Gasteiger partial charge in [0.25, 0.3) is 0 Å². The number of rotatable bonds is 4. The first-order chi connectivity index (χ1) is 10.1. The van der Waals surface area contributed by atoms with Gasteiger partial charge in [0.05, 0.1) is 23.4 Å². The molecule has 0 amide bonds. The zero-order chi connectivity index (χ0) is 15.0. The molecule has 3 aromatic heterocycles. The van der Waals surface area contributed by atoms with Crippen molar-refractivity contribution in [3.8, 4) is 5.88 Å². The van der Waals surface area contributed by atoms with Gasteiger partial charge in [-0.25, -0.2) is 9.97 Å². The third kappa shape index (κ3) is 2.71. The van der Waals surface area contributed by atoms with Crippen molar-refractivity contribution >= 4 is 45.7 Å². The highest BCUT2D eigenvalue weighted by molar-refractivity contribution is 7.16. The number of halogens is 2. The summed E-state index contributed by atoms with van der Waals surface area (Å²) < 4.78 is 7.96. The predicted octanol–water partition coefficient (Wildman–Crippen LogP) is 3.90. The van der Waals surface area contributed by atoms with E-state index < -0.39 is 0 Å². The lowest BCUT2D eigenvalue weighted by Crippen LogP contribution is -2.05. The molecule has 0 aromatic carbocycles. The zero-order valence-corrected chi connectivity index (χ0v) is 13.7. The number of alkyl halides is 1. The summed E-state index contributed by atoms with van der Waals surface area (Å²) in [5.41, 5.74) is 1.32. The van der Waals surface area contributed by atoms with Gasteiger partial charge in [0.2, 0.25) is 5.88 Å². The van der Waals surface area contributed by atoms with Crippen molar-refractivity contribution in [3.05, 3.63) is 33.5 Å². The van der Waals surface area contributed by atoms with Gasteiger partial charge in [-0.05, 0) is 19.1 Å². The van der Waals surface area contributed by atoms with Crippen molar-refractivity contribution < 1.29 is 4.74 Å². The summed E-state index contributed by atoms with van der Waals surface area (Å²) in [5.74, 6) is 1.18. The second-order valence-electron chi connectivity index (χ2n) is 4.43. The van der Waals surface area contributed by atoms with E-state index in [4.69, 9.17) is 27.9 Å². The van der Waals surface area contributed by atoms with Gasteiger partial charge in [-0.2, -0.15) is 4.98 Å². The van der Waals surface area contributed by atoms with E-state index in [-0.39, 0.29) is 5.38 Å². The molecule has 0 aliphatic heterocycles. The highest BCUT2D eigenvalue weighted by atomic mass is 35.5. The van der Waals surface area contributed by atoms with Crippen LogP contribution in [0, 0.1) is 0 Å². The van der Waals surface area contributed by atoms with E-state index in [9.17, 15) is 0 Å².